The molecule has 1 saturated heterocycles. The summed E-state index contributed by atoms with van der Waals surface area (Å²) in [7, 11) is 0. The van der Waals surface area contributed by atoms with E-state index in [0.29, 0.717) is 5.11 Å². The van der Waals surface area contributed by atoms with Crippen molar-refractivity contribution in [2.75, 3.05) is 23.3 Å². The number of anilines is 2. The number of nitrogens with zero attached hydrogens (tertiary/aromatic N) is 1. The van der Waals surface area contributed by atoms with E-state index in [9.17, 15) is 0 Å². The van der Waals surface area contributed by atoms with Crippen LogP contribution in [0.5, 0.6) is 0 Å². The Hall–Kier alpha value is -1.78. The number of thiocarbonyl (C=S) groups is 1. The van der Waals surface area contributed by atoms with Crippen LogP contribution >= 0.6 is 23.8 Å². The van der Waals surface area contributed by atoms with Crippen LogP contribution in [0.3, 0.4) is 0 Å². The predicted molar refractivity (Wildman–Crippen MR) is 121 cm³/mol. The summed E-state index contributed by atoms with van der Waals surface area (Å²) in [5, 5.41) is 7.88. The van der Waals surface area contributed by atoms with Gasteiger partial charge in [0.05, 0.1) is 6.04 Å². The minimum Gasteiger partial charge on any atom is -0.371 e. The second-order valence-corrected chi connectivity index (χ2v) is 8.38. The molecule has 3 rings (SSSR count). The Balaban J connectivity index is 1.57. The molecule has 0 aromatic heterocycles. The SMILES string of the molecule is Cc1ccc(NC(=S)NC(C)c2ccc(N3CCCC(C)C3)cc2)cc1Cl. The van der Waals surface area contributed by atoms with E-state index in [1.165, 1.54) is 24.1 Å². The number of nitrogens with one attached hydrogen (secondary N) is 2. The Bertz CT molecular complexity index is 791. The van der Waals surface area contributed by atoms with Gasteiger partial charge in [-0.1, -0.05) is 36.7 Å². The molecule has 2 aromatic rings. The van der Waals surface area contributed by atoms with Gasteiger partial charge in [-0.2, -0.15) is 0 Å². The lowest BCUT2D eigenvalue weighted by atomic mass is 9.99. The van der Waals surface area contributed by atoms with Gasteiger partial charge < -0.3 is 15.5 Å². The minimum absolute atomic E-state index is 0.125. The maximum absolute atomic E-state index is 6.18. The summed E-state index contributed by atoms with van der Waals surface area (Å²) in [5.74, 6) is 0.776. The van der Waals surface area contributed by atoms with Crippen molar-refractivity contribution in [1.82, 2.24) is 5.32 Å². The molecule has 144 valence electrons. The molecule has 0 bridgehead atoms. The zero-order valence-electron chi connectivity index (χ0n) is 16.3. The maximum atomic E-state index is 6.18. The number of hydrogen-bond acceptors (Lipinski definition) is 2. The predicted octanol–water partition coefficient (Wildman–Crippen LogP) is 5.93. The number of rotatable bonds is 4. The van der Waals surface area contributed by atoms with Crippen LogP contribution in [0, 0.1) is 12.8 Å². The molecule has 0 radical (unpaired) electrons. The van der Waals surface area contributed by atoms with E-state index in [4.69, 9.17) is 23.8 Å². The highest BCUT2D eigenvalue weighted by molar-refractivity contribution is 7.80. The van der Waals surface area contributed by atoms with Crippen molar-refractivity contribution < 1.29 is 0 Å². The molecule has 2 N–H and O–H groups in total. The van der Waals surface area contributed by atoms with Gasteiger partial charge >= 0.3 is 0 Å². The van der Waals surface area contributed by atoms with Crippen molar-refractivity contribution in [1.29, 1.82) is 0 Å². The van der Waals surface area contributed by atoms with Gasteiger partial charge in [-0.05, 0) is 80.2 Å². The summed E-state index contributed by atoms with van der Waals surface area (Å²) in [5.41, 5.74) is 4.48. The van der Waals surface area contributed by atoms with Crippen molar-refractivity contribution in [2.24, 2.45) is 5.92 Å². The van der Waals surface area contributed by atoms with Crippen molar-refractivity contribution in [2.45, 2.75) is 39.7 Å². The van der Waals surface area contributed by atoms with Gasteiger partial charge in [-0.25, -0.2) is 0 Å². The fourth-order valence-corrected chi connectivity index (χ4v) is 3.99. The largest absolute Gasteiger partial charge is 0.371 e. The maximum Gasteiger partial charge on any atom is 0.171 e. The summed E-state index contributed by atoms with van der Waals surface area (Å²) in [6, 6.07) is 14.8. The van der Waals surface area contributed by atoms with Gasteiger partial charge in [0, 0.05) is 29.5 Å². The van der Waals surface area contributed by atoms with E-state index in [2.05, 4.69) is 53.6 Å². The summed E-state index contributed by atoms with van der Waals surface area (Å²) >= 11 is 11.6. The summed E-state index contributed by atoms with van der Waals surface area (Å²) in [6.45, 7) is 8.75. The first-order valence-electron chi connectivity index (χ1n) is 9.61. The third-order valence-electron chi connectivity index (χ3n) is 5.19. The molecule has 1 aliphatic heterocycles. The molecule has 0 saturated carbocycles. The van der Waals surface area contributed by atoms with E-state index in [0.717, 1.165) is 35.3 Å². The van der Waals surface area contributed by atoms with Crippen molar-refractivity contribution in [3.05, 3.63) is 58.6 Å². The molecule has 0 amide bonds. The molecule has 3 nitrogen and oxygen atoms in total. The van der Waals surface area contributed by atoms with E-state index in [-0.39, 0.29) is 6.04 Å². The first-order chi connectivity index (χ1) is 12.9. The topological polar surface area (TPSA) is 27.3 Å². The zero-order chi connectivity index (χ0) is 19.4. The molecule has 0 aliphatic carbocycles. The molecular formula is C22H28ClN3S. The van der Waals surface area contributed by atoms with Crippen LogP contribution in [0.2, 0.25) is 5.02 Å². The van der Waals surface area contributed by atoms with Crippen LogP contribution in [-0.2, 0) is 0 Å². The summed E-state index contributed by atoms with van der Waals surface area (Å²) < 4.78 is 0. The van der Waals surface area contributed by atoms with Crippen molar-refractivity contribution in [3.63, 3.8) is 0 Å². The van der Waals surface area contributed by atoms with Crippen LogP contribution < -0.4 is 15.5 Å². The highest BCUT2D eigenvalue weighted by atomic mass is 35.5. The van der Waals surface area contributed by atoms with Gasteiger partial charge in [-0.3, -0.25) is 0 Å². The van der Waals surface area contributed by atoms with E-state index >= 15 is 0 Å². The molecule has 2 aromatic carbocycles. The van der Waals surface area contributed by atoms with E-state index < -0.39 is 0 Å². The number of hydrogen-bond donors (Lipinski definition) is 2. The second-order valence-electron chi connectivity index (χ2n) is 7.57. The molecule has 5 heteroatoms. The van der Waals surface area contributed by atoms with Crippen LogP contribution in [0.25, 0.3) is 0 Å². The number of halogens is 1. The fourth-order valence-electron chi connectivity index (χ4n) is 3.52. The minimum atomic E-state index is 0.125. The third-order valence-corrected chi connectivity index (χ3v) is 5.82. The highest BCUT2D eigenvalue weighted by Gasteiger charge is 2.17. The molecule has 27 heavy (non-hydrogen) atoms. The Kier molecular flexibility index (Phi) is 6.61. The lowest BCUT2D eigenvalue weighted by Gasteiger charge is -2.33. The summed E-state index contributed by atoms with van der Waals surface area (Å²) in [6.07, 6.45) is 2.62. The third kappa shape index (κ3) is 5.36. The van der Waals surface area contributed by atoms with Crippen molar-refractivity contribution in [3.8, 4) is 0 Å². The number of piperidine rings is 1. The van der Waals surface area contributed by atoms with Crippen LogP contribution in [0.15, 0.2) is 42.5 Å². The Morgan fingerprint density at radius 1 is 1.22 bits per heavy atom. The van der Waals surface area contributed by atoms with Gasteiger partial charge in [0.15, 0.2) is 5.11 Å². The smallest absolute Gasteiger partial charge is 0.171 e. The lowest BCUT2D eigenvalue weighted by Crippen LogP contribution is -2.34. The molecule has 0 spiro atoms. The van der Waals surface area contributed by atoms with Gasteiger partial charge in [0.25, 0.3) is 0 Å². The quantitative estimate of drug-likeness (QED) is 0.620. The average molecular weight is 402 g/mol. The molecular weight excluding hydrogens is 374 g/mol. The highest BCUT2D eigenvalue weighted by Crippen LogP contribution is 2.25. The van der Waals surface area contributed by atoms with Gasteiger partial charge in [0.2, 0.25) is 0 Å². The van der Waals surface area contributed by atoms with Crippen LogP contribution in [-0.4, -0.2) is 18.2 Å². The molecule has 1 aliphatic rings. The Morgan fingerprint density at radius 2 is 1.96 bits per heavy atom. The first-order valence-corrected chi connectivity index (χ1v) is 10.4. The molecule has 2 unspecified atom stereocenters. The average Bonchev–Trinajstić information content (AvgIpc) is 2.65. The lowest BCUT2D eigenvalue weighted by molar-refractivity contribution is 0.447. The molecule has 1 fully saturated rings. The van der Waals surface area contributed by atoms with Crippen LogP contribution in [0.1, 0.15) is 43.9 Å². The standard InChI is InChI=1S/C22H28ClN3S/c1-15-5-4-12-26(14-15)20-10-7-18(8-11-20)17(3)24-22(27)25-19-9-6-16(2)21(23)13-19/h6-11,13,15,17H,4-5,12,14H2,1-3H3,(H2,24,25,27). The van der Waals surface area contributed by atoms with E-state index in [1.807, 2.05) is 25.1 Å². The zero-order valence-corrected chi connectivity index (χ0v) is 17.8. The number of benzene rings is 2. The number of aryl methyl sites for hydroxylation is 1. The molecule has 2 atom stereocenters. The van der Waals surface area contributed by atoms with Crippen molar-refractivity contribution >= 4 is 40.3 Å². The Morgan fingerprint density at radius 3 is 2.63 bits per heavy atom. The monoisotopic (exact) mass is 401 g/mol. The normalized spacial score (nSPS) is 18.1. The summed E-state index contributed by atoms with van der Waals surface area (Å²) in [4.78, 5) is 2.49. The second kappa shape index (κ2) is 8.94. The van der Waals surface area contributed by atoms with E-state index in [1.54, 1.807) is 0 Å². The fraction of sp³-hybridized carbons (Fsp3) is 0.409. The van der Waals surface area contributed by atoms with Gasteiger partial charge in [-0.15, -0.1) is 0 Å². The van der Waals surface area contributed by atoms with Crippen LogP contribution in [0.4, 0.5) is 11.4 Å². The van der Waals surface area contributed by atoms with Gasteiger partial charge in [0.1, 0.15) is 0 Å². The molecule has 1 heterocycles. The first kappa shape index (κ1) is 20.0. The Labute approximate surface area is 173 Å².